The molecule has 1 amide bonds. The molecule has 2 aliphatic heterocycles. The molecule has 0 N–H and O–H groups in total. The summed E-state index contributed by atoms with van der Waals surface area (Å²) in [5.74, 6) is 3.75. The summed E-state index contributed by atoms with van der Waals surface area (Å²) in [4.78, 5) is 14.7. The molecule has 2 aliphatic rings. The second-order valence-electron chi connectivity index (χ2n) is 8.55. The van der Waals surface area contributed by atoms with Crippen molar-refractivity contribution >= 4 is 29.6 Å². The molecule has 0 unspecified atom stereocenters. The zero-order valence-corrected chi connectivity index (χ0v) is 19.8. The number of methoxy groups -OCH3 is 2. The van der Waals surface area contributed by atoms with Crippen molar-refractivity contribution in [2.45, 2.75) is 62.2 Å². The Kier molecular flexibility index (Phi) is 7.20. The molecular formula is C22H33NO4S2. The summed E-state index contributed by atoms with van der Waals surface area (Å²) in [7, 11) is 3.34. The maximum atomic E-state index is 12.8. The largest absolute Gasteiger partial charge is 0.493 e. The second kappa shape index (κ2) is 9.29. The number of benzene rings is 1. The van der Waals surface area contributed by atoms with Crippen LogP contribution in [0.1, 0.15) is 52.0 Å². The molecule has 1 atom stereocenters. The molecule has 0 radical (unpaired) electrons. The highest BCUT2D eigenvalue weighted by molar-refractivity contribution is 8.18. The zero-order valence-electron chi connectivity index (χ0n) is 18.2. The Morgan fingerprint density at radius 1 is 1.14 bits per heavy atom. The number of ether oxygens (including phenoxy) is 3. The third kappa shape index (κ3) is 5.29. The van der Waals surface area contributed by atoms with Gasteiger partial charge in [-0.05, 0) is 75.7 Å². The van der Waals surface area contributed by atoms with Gasteiger partial charge in [-0.25, -0.2) is 4.79 Å². The van der Waals surface area contributed by atoms with Crippen molar-refractivity contribution in [3.63, 3.8) is 0 Å². The molecule has 0 saturated carbocycles. The fourth-order valence-electron chi connectivity index (χ4n) is 3.97. The first kappa shape index (κ1) is 22.5. The molecule has 1 aromatic rings. The molecule has 0 aromatic heterocycles. The van der Waals surface area contributed by atoms with Crippen LogP contribution in [0.2, 0.25) is 0 Å². The van der Waals surface area contributed by atoms with Crippen molar-refractivity contribution in [1.82, 2.24) is 4.90 Å². The maximum Gasteiger partial charge on any atom is 0.410 e. The van der Waals surface area contributed by atoms with E-state index < -0.39 is 5.60 Å². The number of carbonyl (C=O) groups excluding carboxylic acids is 1. The van der Waals surface area contributed by atoms with E-state index in [1.807, 2.05) is 55.3 Å². The van der Waals surface area contributed by atoms with Gasteiger partial charge in [-0.15, -0.1) is 23.5 Å². The fraction of sp³-hybridized carbons (Fsp3) is 0.682. The first-order valence-corrected chi connectivity index (χ1v) is 12.3. The van der Waals surface area contributed by atoms with Gasteiger partial charge in [0.1, 0.15) is 5.60 Å². The Morgan fingerprint density at radius 2 is 1.83 bits per heavy atom. The molecule has 2 heterocycles. The van der Waals surface area contributed by atoms with Gasteiger partial charge in [0.05, 0.1) is 18.3 Å². The average molecular weight is 440 g/mol. The summed E-state index contributed by atoms with van der Waals surface area (Å²) >= 11 is 4.00. The molecular weight excluding hydrogens is 406 g/mol. The molecule has 7 heteroatoms. The van der Waals surface area contributed by atoms with Gasteiger partial charge in [0.25, 0.3) is 0 Å². The van der Waals surface area contributed by atoms with E-state index in [0.717, 1.165) is 48.8 Å². The molecule has 1 aromatic carbocycles. The number of hydrogen-bond donors (Lipinski definition) is 0. The topological polar surface area (TPSA) is 48.0 Å². The highest BCUT2D eigenvalue weighted by Crippen LogP contribution is 2.55. The highest BCUT2D eigenvalue weighted by atomic mass is 32.2. The molecule has 0 spiro atoms. The Morgan fingerprint density at radius 3 is 2.45 bits per heavy atom. The Balaban J connectivity index is 1.86. The number of nitrogens with zero attached hydrogens (tertiary/aromatic N) is 1. The highest BCUT2D eigenvalue weighted by Gasteiger charge is 2.43. The lowest BCUT2D eigenvalue weighted by Gasteiger charge is -2.40. The van der Waals surface area contributed by atoms with Crippen LogP contribution in [0.15, 0.2) is 18.2 Å². The van der Waals surface area contributed by atoms with Crippen LogP contribution in [-0.2, 0) is 8.82 Å². The van der Waals surface area contributed by atoms with Gasteiger partial charge in [0.2, 0.25) is 0 Å². The molecule has 2 saturated heterocycles. The molecule has 3 rings (SSSR count). The van der Waals surface area contributed by atoms with Crippen LogP contribution >= 0.6 is 23.5 Å². The van der Waals surface area contributed by atoms with E-state index in [1.165, 1.54) is 12.0 Å². The lowest BCUT2D eigenvalue weighted by molar-refractivity contribution is 0.0218. The van der Waals surface area contributed by atoms with Crippen molar-refractivity contribution in [2.24, 2.45) is 0 Å². The van der Waals surface area contributed by atoms with Crippen LogP contribution in [0, 0.1) is 0 Å². The summed E-state index contributed by atoms with van der Waals surface area (Å²) in [6.45, 7) is 6.55. The number of thioether (sulfide) groups is 2. The van der Waals surface area contributed by atoms with E-state index in [0.29, 0.717) is 0 Å². The van der Waals surface area contributed by atoms with E-state index >= 15 is 0 Å². The van der Waals surface area contributed by atoms with Crippen LogP contribution in [-0.4, -0.2) is 54.9 Å². The molecule has 162 valence electrons. The van der Waals surface area contributed by atoms with Gasteiger partial charge in [0, 0.05) is 12.6 Å². The average Bonchev–Trinajstić information content (AvgIpc) is 3.15. The van der Waals surface area contributed by atoms with E-state index in [9.17, 15) is 4.79 Å². The second-order valence-corrected chi connectivity index (χ2v) is 11.6. The zero-order chi connectivity index (χ0) is 21.1. The Hall–Kier alpha value is -1.21. The SMILES string of the molecule is COc1ccc(C2(C[C@@H]3CCCN3C(=O)OC(C)(C)C)SCCCS2)cc1OC. The van der Waals surface area contributed by atoms with E-state index in [4.69, 9.17) is 14.2 Å². The van der Waals surface area contributed by atoms with Gasteiger partial charge in [-0.3, -0.25) is 0 Å². The summed E-state index contributed by atoms with van der Waals surface area (Å²) in [6.07, 6.45) is 3.99. The summed E-state index contributed by atoms with van der Waals surface area (Å²) in [5.41, 5.74) is 0.764. The first-order valence-electron chi connectivity index (χ1n) is 10.3. The van der Waals surface area contributed by atoms with Crippen LogP contribution in [0.5, 0.6) is 11.5 Å². The van der Waals surface area contributed by atoms with Gasteiger partial charge in [-0.1, -0.05) is 6.07 Å². The smallest absolute Gasteiger partial charge is 0.410 e. The van der Waals surface area contributed by atoms with Crippen molar-refractivity contribution in [1.29, 1.82) is 0 Å². The number of amides is 1. The van der Waals surface area contributed by atoms with E-state index in [-0.39, 0.29) is 16.2 Å². The van der Waals surface area contributed by atoms with Crippen LogP contribution in [0.3, 0.4) is 0 Å². The van der Waals surface area contributed by atoms with Gasteiger partial charge >= 0.3 is 6.09 Å². The molecule has 0 bridgehead atoms. The maximum absolute atomic E-state index is 12.8. The quantitative estimate of drug-likeness (QED) is 0.602. The molecule has 29 heavy (non-hydrogen) atoms. The predicted molar refractivity (Wildman–Crippen MR) is 121 cm³/mol. The predicted octanol–water partition coefficient (Wildman–Crippen LogP) is 5.52. The van der Waals surface area contributed by atoms with Crippen molar-refractivity contribution < 1.29 is 19.0 Å². The third-order valence-corrected chi connectivity index (χ3v) is 8.72. The van der Waals surface area contributed by atoms with E-state index in [2.05, 4.69) is 12.1 Å². The lowest BCUT2D eigenvalue weighted by atomic mass is 10.0. The molecule has 2 fully saturated rings. The molecule has 0 aliphatic carbocycles. The number of hydrogen-bond acceptors (Lipinski definition) is 6. The minimum Gasteiger partial charge on any atom is -0.493 e. The van der Waals surface area contributed by atoms with E-state index in [1.54, 1.807) is 14.2 Å². The minimum atomic E-state index is -0.473. The third-order valence-electron chi connectivity index (χ3n) is 5.29. The summed E-state index contributed by atoms with van der Waals surface area (Å²) < 4.78 is 16.6. The van der Waals surface area contributed by atoms with Gasteiger partial charge in [-0.2, -0.15) is 0 Å². The van der Waals surface area contributed by atoms with Crippen molar-refractivity contribution in [3.8, 4) is 11.5 Å². The first-order chi connectivity index (χ1) is 13.8. The summed E-state index contributed by atoms with van der Waals surface area (Å²) in [5, 5.41) is 0. The standard InChI is InChI=1S/C22H33NO4S2/c1-21(2,3)27-20(24)23-11-6-8-17(23)15-22(28-12-7-13-29-22)16-9-10-18(25-4)19(14-16)26-5/h9-10,14,17H,6-8,11-13,15H2,1-5H3/t17-/m0/s1. The number of likely N-dealkylation sites (tertiary alicyclic amines) is 1. The Bertz CT molecular complexity index is 713. The van der Waals surface area contributed by atoms with Crippen LogP contribution in [0.25, 0.3) is 0 Å². The minimum absolute atomic E-state index is 0.0902. The van der Waals surface area contributed by atoms with Crippen LogP contribution < -0.4 is 9.47 Å². The fourth-order valence-corrected chi connectivity index (χ4v) is 7.43. The van der Waals surface area contributed by atoms with Gasteiger partial charge in [0.15, 0.2) is 11.5 Å². The van der Waals surface area contributed by atoms with Crippen molar-refractivity contribution in [2.75, 3.05) is 32.3 Å². The van der Waals surface area contributed by atoms with Crippen LogP contribution in [0.4, 0.5) is 4.79 Å². The summed E-state index contributed by atoms with van der Waals surface area (Å²) in [6, 6.07) is 6.44. The number of carbonyl (C=O) groups is 1. The normalized spacial score (nSPS) is 21.7. The Labute approximate surface area is 183 Å². The lowest BCUT2D eigenvalue weighted by Crippen LogP contribution is -2.42. The molecule has 5 nitrogen and oxygen atoms in total. The monoisotopic (exact) mass is 439 g/mol. The van der Waals surface area contributed by atoms with Gasteiger partial charge < -0.3 is 19.1 Å². The number of rotatable bonds is 5. The van der Waals surface area contributed by atoms with Crippen molar-refractivity contribution in [3.05, 3.63) is 23.8 Å².